The third-order valence-electron chi connectivity index (χ3n) is 7.63. The van der Waals surface area contributed by atoms with E-state index < -0.39 is 0 Å². The lowest BCUT2D eigenvalue weighted by atomic mass is 9.78. The Bertz CT molecular complexity index is 911. The van der Waals surface area contributed by atoms with Gasteiger partial charge < -0.3 is 14.2 Å². The zero-order chi connectivity index (χ0) is 26.8. The minimum atomic E-state index is -0.376. The monoisotopic (exact) mass is 520 g/mol. The first kappa shape index (κ1) is 29.8. The maximum Gasteiger partial charge on any atom is 0.343 e. The second-order valence-electron chi connectivity index (χ2n) is 10.7. The summed E-state index contributed by atoms with van der Waals surface area (Å²) in [5.74, 6) is 3.57. The third kappa shape index (κ3) is 11.3. The molecule has 0 atom stereocenters. The summed E-state index contributed by atoms with van der Waals surface area (Å²) in [6, 6.07) is 14.5. The van der Waals surface area contributed by atoms with Gasteiger partial charge in [0.05, 0.1) is 18.8 Å². The summed E-state index contributed by atoms with van der Waals surface area (Å²) in [6.45, 7) is 7.48. The Morgan fingerprint density at radius 1 is 0.737 bits per heavy atom. The Morgan fingerprint density at radius 2 is 1.26 bits per heavy atom. The van der Waals surface area contributed by atoms with Crippen LogP contribution in [0.2, 0.25) is 0 Å². The van der Waals surface area contributed by atoms with Gasteiger partial charge in [0.1, 0.15) is 17.2 Å². The summed E-state index contributed by atoms with van der Waals surface area (Å²) < 4.78 is 17.3. The SMILES string of the molecule is C=CCCCCCCCOc1ccc(C(=O)Oc2ccc(OCCCC3CCC(CCC)CC3)cc2)cc1. The summed E-state index contributed by atoms with van der Waals surface area (Å²) in [7, 11) is 0. The summed E-state index contributed by atoms with van der Waals surface area (Å²) in [6.07, 6.45) is 19.7. The number of carbonyl (C=O) groups excluding carboxylic acids is 1. The minimum absolute atomic E-state index is 0.376. The summed E-state index contributed by atoms with van der Waals surface area (Å²) in [5, 5.41) is 0. The number of benzene rings is 2. The molecular weight excluding hydrogens is 472 g/mol. The second-order valence-corrected chi connectivity index (χ2v) is 10.7. The molecule has 1 aliphatic rings. The zero-order valence-electron chi connectivity index (χ0n) is 23.5. The van der Waals surface area contributed by atoms with E-state index in [9.17, 15) is 4.79 Å². The van der Waals surface area contributed by atoms with Crippen LogP contribution >= 0.6 is 0 Å². The largest absolute Gasteiger partial charge is 0.494 e. The van der Waals surface area contributed by atoms with E-state index in [0.717, 1.165) is 49.2 Å². The van der Waals surface area contributed by atoms with Crippen molar-refractivity contribution < 1.29 is 19.0 Å². The van der Waals surface area contributed by atoms with Crippen molar-refractivity contribution in [3.63, 3.8) is 0 Å². The van der Waals surface area contributed by atoms with Crippen molar-refractivity contribution in [3.8, 4) is 17.2 Å². The Balaban J connectivity index is 1.29. The molecule has 2 aromatic carbocycles. The Labute approximate surface area is 230 Å². The minimum Gasteiger partial charge on any atom is -0.494 e. The number of carbonyl (C=O) groups is 1. The van der Waals surface area contributed by atoms with E-state index in [1.165, 1.54) is 70.6 Å². The molecule has 1 aliphatic carbocycles. The Kier molecular flexibility index (Phi) is 13.9. The predicted molar refractivity (Wildman–Crippen MR) is 156 cm³/mol. The van der Waals surface area contributed by atoms with Crippen LogP contribution in [-0.4, -0.2) is 19.2 Å². The molecule has 38 heavy (non-hydrogen) atoms. The van der Waals surface area contributed by atoms with Gasteiger partial charge in [0.15, 0.2) is 0 Å². The average Bonchev–Trinajstić information content (AvgIpc) is 2.95. The van der Waals surface area contributed by atoms with Crippen LogP contribution in [0.25, 0.3) is 0 Å². The molecule has 4 nitrogen and oxygen atoms in total. The molecule has 0 unspecified atom stereocenters. The fourth-order valence-corrected chi connectivity index (χ4v) is 5.35. The summed E-state index contributed by atoms with van der Waals surface area (Å²) >= 11 is 0. The normalized spacial score (nSPS) is 17.1. The number of hydrogen-bond donors (Lipinski definition) is 0. The highest BCUT2D eigenvalue weighted by Crippen LogP contribution is 2.33. The van der Waals surface area contributed by atoms with Gasteiger partial charge in [-0.3, -0.25) is 0 Å². The lowest BCUT2D eigenvalue weighted by molar-refractivity contribution is 0.0734. The number of hydrogen-bond acceptors (Lipinski definition) is 4. The van der Waals surface area contributed by atoms with Gasteiger partial charge in [0.25, 0.3) is 0 Å². The quantitative estimate of drug-likeness (QED) is 0.0849. The molecule has 0 radical (unpaired) electrons. The molecular formula is C34H48O4. The fourth-order valence-electron chi connectivity index (χ4n) is 5.35. The van der Waals surface area contributed by atoms with Crippen LogP contribution in [-0.2, 0) is 0 Å². The van der Waals surface area contributed by atoms with E-state index in [0.29, 0.717) is 17.9 Å². The summed E-state index contributed by atoms with van der Waals surface area (Å²) in [5.41, 5.74) is 0.503. The number of ether oxygens (including phenoxy) is 3. The van der Waals surface area contributed by atoms with Gasteiger partial charge in [-0.1, -0.05) is 70.8 Å². The van der Waals surface area contributed by atoms with E-state index in [2.05, 4.69) is 13.5 Å². The average molecular weight is 521 g/mol. The fraction of sp³-hybridized carbons (Fsp3) is 0.559. The molecule has 0 bridgehead atoms. The van der Waals surface area contributed by atoms with Crippen LogP contribution in [0.5, 0.6) is 17.2 Å². The van der Waals surface area contributed by atoms with Crippen LogP contribution in [0.4, 0.5) is 0 Å². The Hall–Kier alpha value is -2.75. The molecule has 208 valence electrons. The van der Waals surface area contributed by atoms with Crippen molar-refractivity contribution in [2.24, 2.45) is 11.8 Å². The highest BCUT2D eigenvalue weighted by Gasteiger charge is 2.20. The van der Waals surface area contributed by atoms with Crippen LogP contribution in [0.15, 0.2) is 61.2 Å². The van der Waals surface area contributed by atoms with Crippen molar-refractivity contribution in [2.45, 2.75) is 96.8 Å². The van der Waals surface area contributed by atoms with E-state index in [1.807, 2.05) is 30.3 Å². The molecule has 0 N–H and O–H groups in total. The van der Waals surface area contributed by atoms with Crippen molar-refractivity contribution >= 4 is 5.97 Å². The van der Waals surface area contributed by atoms with Gasteiger partial charge in [-0.2, -0.15) is 0 Å². The van der Waals surface area contributed by atoms with Crippen molar-refractivity contribution in [1.29, 1.82) is 0 Å². The molecule has 0 saturated heterocycles. The molecule has 3 rings (SSSR count). The molecule has 1 saturated carbocycles. The van der Waals surface area contributed by atoms with Crippen molar-refractivity contribution in [2.75, 3.05) is 13.2 Å². The molecule has 2 aromatic rings. The highest BCUT2D eigenvalue weighted by molar-refractivity contribution is 5.91. The predicted octanol–water partition coefficient (Wildman–Crippen LogP) is 9.58. The molecule has 1 fully saturated rings. The third-order valence-corrected chi connectivity index (χ3v) is 7.63. The lowest BCUT2D eigenvalue weighted by Crippen LogP contribution is -2.15. The van der Waals surface area contributed by atoms with Crippen LogP contribution in [0.3, 0.4) is 0 Å². The molecule has 4 heteroatoms. The van der Waals surface area contributed by atoms with Crippen LogP contribution in [0.1, 0.15) is 107 Å². The first-order valence-electron chi connectivity index (χ1n) is 15.0. The van der Waals surface area contributed by atoms with Gasteiger partial charge in [-0.05, 0) is 92.5 Å². The number of esters is 1. The number of rotatable bonds is 18. The second kappa shape index (κ2) is 17.7. The number of unbranched alkanes of at least 4 members (excludes halogenated alkanes) is 5. The maximum atomic E-state index is 12.5. The standard InChI is InChI=1S/C34H48O4/c1-3-5-6-7-8-9-10-26-36-31-20-18-30(19-21-31)34(35)38-33-24-22-32(23-25-33)37-27-11-13-29-16-14-28(12-4-2)15-17-29/h3,18-25,28-29H,1,4-17,26-27H2,2H3. The molecule has 0 spiro atoms. The Morgan fingerprint density at radius 3 is 1.89 bits per heavy atom. The van der Waals surface area contributed by atoms with E-state index >= 15 is 0 Å². The maximum absolute atomic E-state index is 12.5. The molecule has 0 aromatic heterocycles. The van der Waals surface area contributed by atoms with Gasteiger partial charge in [-0.25, -0.2) is 4.79 Å². The molecule has 0 amide bonds. The van der Waals surface area contributed by atoms with E-state index in [4.69, 9.17) is 14.2 Å². The van der Waals surface area contributed by atoms with Crippen LogP contribution < -0.4 is 14.2 Å². The molecule has 0 heterocycles. The van der Waals surface area contributed by atoms with Gasteiger partial charge >= 0.3 is 5.97 Å². The first-order chi connectivity index (χ1) is 18.7. The first-order valence-corrected chi connectivity index (χ1v) is 15.0. The van der Waals surface area contributed by atoms with Crippen molar-refractivity contribution in [3.05, 3.63) is 66.7 Å². The number of allylic oxidation sites excluding steroid dienone is 1. The van der Waals surface area contributed by atoms with Gasteiger partial charge in [0.2, 0.25) is 0 Å². The highest BCUT2D eigenvalue weighted by atomic mass is 16.5. The zero-order valence-corrected chi connectivity index (χ0v) is 23.5. The summed E-state index contributed by atoms with van der Waals surface area (Å²) in [4.78, 5) is 12.5. The van der Waals surface area contributed by atoms with E-state index in [1.54, 1.807) is 24.3 Å². The van der Waals surface area contributed by atoms with Gasteiger partial charge in [-0.15, -0.1) is 6.58 Å². The smallest absolute Gasteiger partial charge is 0.343 e. The molecule has 0 aliphatic heterocycles. The topological polar surface area (TPSA) is 44.8 Å². The lowest BCUT2D eigenvalue weighted by Gasteiger charge is -2.28. The van der Waals surface area contributed by atoms with Crippen LogP contribution in [0, 0.1) is 11.8 Å². The van der Waals surface area contributed by atoms with Crippen molar-refractivity contribution in [1.82, 2.24) is 0 Å². The van der Waals surface area contributed by atoms with E-state index in [-0.39, 0.29) is 5.97 Å². The van der Waals surface area contributed by atoms with Gasteiger partial charge in [0, 0.05) is 0 Å².